The topological polar surface area (TPSA) is 71.3 Å². The fraction of sp³-hybridized carbons (Fsp3) is 0.435. The van der Waals surface area contributed by atoms with Crippen molar-refractivity contribution in [1.82, 2.24) is 20.4 Å². The Morgan fingerprint density at radius 2 is 1.93 bits per heavy atom. The third-order valence-electron chi connectivity index (χ3n) is 5.90. The zero-order valence-electron chi connectivity index (χ0n) is 17.4. The van der Waals surface area contributed by atoms with E-state index >= 15 is 0 Å². The van der Waals surface area contributed by atoms with Gasteiger partial charge in [0.25, 0.3) is 11.6 Å². The molecule has 0 aliphatic carbocycles. The van der Waals surface area contributed by atoms with E-state index in [2.05, 4.69) is 22.4 Å². The van der Waals surface area contributed by atoms with Crippen molar-refractivity contribution in [2.45, 2.75) is 33.1 Å². The molecule has 2 aromatic heterocycles. The number of carbonyl (C=O) groups excluding carboxylic acids is 1. The maximum atomic E-state index is 13.4. The largest absolute Gasteiger partial charge is 0.339 e. The molecule has 4 rings (SSSR count). The Bertz CT molecular complexity index is 1000. The molecule has 0 bridgehead atoms. The number of hydrogen-bond acceptors (Lipinski definition) is 5. The highest BCUT2D eigenvalue weighted by Crippen LogP contribution is 2.29. The van der Waals surface area contributed by atoms with Crippen LogP contribution in [0.4, 0.5) is 0 Å². The van der Waals surface area contributed by atoms with Crippen molar-refractivity contribution in [2.75, 3.05) is 26.7 Å². The van der Waals surface area contributed by atoms with Crippen molar-refractivity contribution in [2.24, 2.45) is 5.92 Å². The van der Waals surface area contributed by atoms with Crippen LogP contribution >= 0.6 is 0 Å². The molecule has 1 saturated heterocycles. The van der Waals surface area contributed by atoms with E-state index in [9.17, 15) is 4.79 Å². The summed E-state index contributed by atoms with van der Waals surface area (Å²) in [7, 11) is 1.99. The maximum Gasteiger partial charge on any atom is 0.259 e. The normalized spacial score (nSPS) is 15.2. The summed E-state index contributed by atoms with van der Waals surface area (Å²) in [5, 5.41) is 8.01. The molecule has 1 N–H and O–H groups in total. The van der Waals surface area contributed by atoms with E-state index in [-0.39, 0.29) is 5.91 Å². The predicted octanol–water partition coefficient (Wildman–Crippen LogP) is 3.97. The van der Waals surface area contributed by atoms with Gasteiger partial charge < -0.3 is 14.7 Å². The average molecular weight is 393 g/mol. The Balaban J connectivity index is 1.64. The summed E-state index contributed by atoms with van der Waals surface area (Å²) in [4.78, 5) is 20.0. The van der Waals surface area contributed by atoms with Gasteiger partial charge in [0, 0.05) is 18.7 Å². The summed E-state index contributed by atoms with van der Waals surface area (Å²) in [6.45, 7) is 6.53. The maximum absolute atomic E-state index is 13.4. The van der Waals surface area contributed by atoms with E-state index in [0.717, 1.165) is 49.1 Å². The van der Waals surface area contributed by atoms with Crippen molar-refractivity contribution in [1.29, 1.82) is 0 Å². The Labute approximate surface area is 171 Å². The number of rotatable bonds is 5. The lowest BCUT2D eigenvalue weighted by Gasteiger charge is -2.32. The predicted molar refractivity (Wildman–Crippen MR) is 114 cm³/mol. The molecule has 0 radical (unpaired) electrons. The molecular weight excluding hydrogens is 364 g/mol. The van der Waals surface area contributed by atoms with Gasteiger partial charge in [-0.25, -0.2) is 4.98 Å². The Morgan fingerprint density at radius 3 is 2.62 bits per heavy atom. The standard InChI is InChI=1S/C23H28N4O2/c1-15-4-6-18(7-5-15)20-14-19(21-16(2)26-29-22(21)25-20)23(28)27-12-9-17(10-13-27)8-11-24-3/h4-7,14,17,24H,8-13H2,1-3H3. The first kappa shape index (κ1) is 19.6. The SMILES string of the molecule is CNCCC1CCN(C(=O)c2cc(-c3ccc(C)cc3)nc3onc(C)c23)CC1. The fourth-order valence-corrected chi connectivity index (χ4v) is 4.08. The first-order valence-corrected chi connectivity index (χ1v) is 10.3. The van der Waals surface area contributed by atoms with Crippen LogP contribution in [0.3, 0.4) is 0 Å². The molecular formula is C23H28N4O2. The fourth-order valence-electron chi connectivity index (χ4n) is 4.08. The number of likely N-dealkylation sites (tertiary alicyclic amines) is 1. The minimum absolute atomic E-state index is 0.0455. The molecule has 0 saturated carbocycles. The molecule has 29 heavy (non-hydrogen) atoms. The molecule has 1 fully saturated rings. The molecule has 3 heterocycles. The molecule has 1 aliphatic heterocycles. The average Bonchev–Trinajstić information content (AvgIpc) is 3.13. The number of hydrogen-bond donors (Lipinski definition) is 1. The Morgan fingerprint density at radius 1 is 1.21 bits per heavy atom. The van der Waals surface area contributed by atoms with Gasteiger partial charge in [-0.05, 0) is 58.7 Å². The Hall–Kier alpha value is -2.73. The summed E-state index contributed by atoms with van der Waals surface area (Å²) in [5.74, 6) is 0.730. The highest BCUT2D eigenvalue weighted by atomic mass is 16.5. The molecule has 3 aromatic rings. The van der Waals surface area contributed by atoms with Gasteiger partial charge in [-0.3, -0.25) is 4.79 Å². The molecule has 1 aromatic carbocycles. The van der Waals surface area contributed by atoms with E-state index < -0.39 is 0 Å². The zero-order valence-corrected chi connectivity index (χ0v) is 17.4. The van der Waals surface area contributed by atoms with Gasteiger partial charge in [0.15, 0.2) is 0 Å². The van der Waals surface area contributed by atoms with Crippen molar-refractivity contribution in [3.63, 3.8) is 0 Å². The number of amides is 1. The van der Waals surface area contributed by atoms with Gasteiger partial charge in [0.1, 0.15) is 0 Å². The lowest BCUT2D eigenvalue weighted by Crippen LogP contribution is -2.39. The van der Waals surface area contributed by atoms with Crippen molar-refractivity contribution < 1.29 is 9.32 Å². The Kier molecular flexibility index (Phi) is 5.62. The van der Waals surface area contributed by atoms with Crippen LogP contribution in [-0.2, 0) is 0 Å². The highest BCUT2D eigenvalue weighted by molar-refractivity contribution is 6.07. The van der Waals surface area contributed by atoms with E-state index in [0.29, 0.717) is 22.9 Å². The van der Waals surface area contributed by atoms with E-state index in [1.54, 1.807) is 0 Å². The first-order chi connectivity index (χ1) is 14.1. The van der Waals surface area contributed by atoms with Crippen LogP contribution in [0.2, 0.25) is 0 Å². The number of fused-ring (bicyclic) bond motifs is 1. The van der Waals surface area contributed by atoms with E-state index in [1.165, 1.54) is 12.0 Å². The van der Waals surface area contributed by atoms with Crippen LogP contribution in [0.15, 0.2) is 34.9 Å². The van der Waals surface area contributed by atoms with Gasteiger partial charge in [-0.1, -0.05) is 35.0 Å². The van der Waals surface area contributed by atoms with Crippen LogP contribution in [0.1, 0.15) is 40.9 Å². The second-order valence-electron chi connectivity index (χ2n) is 8.00. The second kappa shape index (κ2) is 8.33. The van der Waals surface area contributed by atoms with Crippen LogP contribution in [0.25, 0.3) is 22.4 Å². The number of carbonyl (C=O) groups is 1. The summed E-state index contributed by atoms with van der Waals surface area (Å²) >= 11 is 0. The number of benzene rings is 1. The minimum Gasteiger partial charge on any atom is -0.339 e. The molecule has 0 unspecified atom stereocenters. The number of aromatic nitrogens is 2. The van der Waals surface area contributed by atoms with Gasteiger partial charge in [-0.2, -0.15) is 0 Å². The lowest BCUT2D eigenvalue weighted by atomic mass is 9.93. The summed E-state index contributed by atoms with van der Waals surface area (Å²) in [5.41, 5.74) is 4.65. The molecule has 6 nitrogen and oxygen atoms in total. The van der Waals surface area contributed by atoms with Crippen LogP contribution in [0, 0.1) is 19.8 Å². The third kappa shape index (κ3) is 4.03. The van der Waals surface area contributed by atoms with E-state index in [4.69, 9.17) is 4.52 Å². The van der Waals surface area contributed by atoms with Crippen molar-refractivity contribution in [3.05, 3.63) is 47.2 Å². The number of piperidine rings is 1. The number of nitrogens with zero attached hydrogens (tertiary/aromatic N) is 3. The minimum atomic E-state index is 0.0455. The molecule has 1 aliphatic rings. The quantitative estimate of drug-likeness (QED) is 0.711. The molecule has 0 spiro atoms. The molecule has 0 atom stereocenters. The van der Waals surface area contributed by atoms with Gasteiger partial charge >= 0.3 is 0 Å². The number of nitrogens with one attached hydrogen (secondary N) is 1. The number of pyridine rings is 1. The zero-order chi connectivity index (χ0) is 20.4. The van der Waals surface area contributed by atoms with Crippen LogP contribution in [-0.4, -0.2) is 47.6 Å². The van der Waals surface area contributed by atoms with Gasteiger partial charge in [0.05, 0.1) is 22.3 Å². The first-order valence-electron chi connectivity index (χ1n) is 10.3. The molecule has 152 valence electrons. The van der Waals surface area contributed by atoms with Gasteiger partial charge in [0.2, 0.25) is 0 Å². The second-order valence-corrected chi connectivity index (χ2v) is 8.00. The molecule has 1 amide bonds. The van der Waals surface area contributed by atoms with Crippen molar-refractivity contribution in [3.8, 4) is 11.3 Å². The lowest BCUT2D eigenvalue weighted by molar-refractivity contribution is 0.0689. The molecule has 6 heteroatoms. The third-order valence-corrected chi connectivity index (χ3v) is 5.90. The monoisotopic (exact) mass is 392 g/mol. The smallest absolute Gasteiger partial charge is 0.259 e. The number of aryl methyl sites for hydroxylation is 2. The highest BCUT2D eigenvalue weighted by Gasteiger charge is 2.27. The van der Waals surface area contributed by atoms with Crippen molar-refractivity contribution >= 4 is 17.0 Å². The van der Waals surface area contributed by atoms with Gasteiger partial charge in [-0.15, -0.1) is 0 Å². The van der Waals surface area contributed by atoms with Crippen LogP contribution in [0.5, 0.6) is 0 Å². The van der Waals surface area contributed by atoms with Crippen LogP contribution < -0.4 is 5.32 Å². The van der Waals surface area contributed by atoms with E-state index in [1.807, 2.05) is 49.2 Å². The summed E-state index contributed by atoms with van der Waals surface area (Å²) < 4.78 is 5.44. The summed E-state index contributed by atoms with van der Waals surface area (Å²) in [6.07, 6.45) is 3.27. The summed E-state index contributed by atoms with van der Waals surface area (Å²) in [6, 6.07) is 10.0.